The third-order valence-corrected chi connectivity index (χ3v) is 2.40. The fourth-order valence-corrected chi connectivity index (χ4v) is 1.65. The topological polar surface area (TPSA) is 76.1 Å². The normalized spacial score (nSPS) is 19.8. The predicted molar refractivity (Wildman–Crippen MR) is 59.7 cm³/mol. The highest BCUT2D eigenvalue weighted by Gasteiger charge is 2.25. The van der Waals surface area contributed by atoms with E-state index in [1.165, 1.54) is 11.0 Å². The number of hydrogen-bond donors (Lipinski definition) is 1. The molecular weight excluding hydrogens is 226 g/mol. The van der Waals surface area contributed by atoms with Crippen LogP contribution in [0.1, 0.15) is 12.8 Å². The molecule has 1 atom stereocenters. The van der Waals surface area contributed by atoms with Crippen molar-refractivity contribution in [1.82, 2.24) is 4.90 Å². The van der Waals surface area contributed by atoms with Gasteiger partial charge in [0.2, 0.25) is 0 Å². The molecule has 96 valence electrons. The van der Waals surface area contributed by atoms with Crippen molar-refractivity contribution in [2.24, 2.45) is 0 Å². The molecule has 1 N–H and O–H groups in total. The summed E-state index contributed by atoms with van der Waals surface area (Å²) in [5.74, 6) is -1.00. The summed E-state index contributed by atoms with van der Waals surface area (Å²) < 4.78 is 10.1. The van der Waals surface area contributed by atoms with E-state index in [9.17, 15) is 9.59 Å². The van der Waals surface area contributed by atoms with E-state index >= 15 is 0 Å². The van der Waals surface area contributed by atoms with Crippen molar-refractivity contribution in [3.05, 3.63) is 12.7 Å². The second-order valence-corrected chi connectivity index (χ2v) is 3.78. The van der Waals surface area contributed by atoms with Gasteiger partial charge in [-0.05, 0) is 12.8 Å². The molecule has 1 amide bonds. The number of nitrogens with zero attached hydrogens (tertiary/aromatic N) is 1. The van der Waals surface area contributed by atoms with Gasteiger partial charge in [-0.1, -0.05) is 12.7 Å². The predicted octanol–water partition coefficient (Wildman–Crippen LogP) is 0.875. The van der Waals surface area contributed by atoms with Gasteiger partial charge in [0.05, 0.1) is 12.6 Å². The molecule has 0 radical (unpaired) electrons. The summed E-state index contributed by atoms with van der Waals surface area (Å²) in [5.41, 5.74) is 0. The Hall–Kier alpha value is -1.56. The number of carboxylic acid groups (broad SMARTS) is 1. The van der Waals surface area contributed by atoms with Crippen molar-refractivity contribution in [2.75, 3.05) is 26.3 Å². The quantitative estimate of drug-likeness (QED) is 0.725. The lowest BCUT2D eigenvalue weighted by atomic mass is 10.1. The molecule has 6 nitrogen and oxygen atoms in total. The van der Waals surface area contributed by atoms with Crippen LogP contribution in [0.2, 0.25) is 0 Å². The second kappa shape index (κ2) is 6.90. The number of carboxylic acids is 1. The Labute approximate surface area is 99.8 Å². The van der Waals surface area contributed by atoms with Gasteiger partial charge >= 0.3 is 12.1 Å². The van der Waals surface area contributed by atoms with Crippen LogP contribution < -0.4 is 0 Å². The monoisotopic (exact) mass is 243 g/mol. The number of piperidine rings is 1. The Kier molecular flexibility index (Phi) is 5.48. The molecule has 1 heterocycles. The number of amides is 1. The van der Waals surface area contributed by atoms with Crippen LogP contribution in [0.3, 0.4) is 0 Å². The highest BCUT2D eigenvalue weighted by molar-refractivity contribution is 5.68. The lowest BCUT2D eigenvalue weighted by Gasteiger charge is -2.31. The maximum Gasteiger partial charge on any atom is 0.410 e. The first-order valence-electron chi connectivity index (χ1n) is 5.49. The first kappa shape index (κ1) is 13.5. The number of rotatable bonds is 5. The minimum atomic E-state index is -1.00. The highest BCUT2D eigenvalue weighted by atomic mass is 16.6. The van der Waals surface area contributed by atoms with Gasteiger partial charge in [0.15, 0.2) is 0 Å². The van der Waals surface area contributed by atoms with Crippen molar-refractivity contribution >= 4 is 12.1 Å². The van der Waals surface area contributed by atoms with Crippen LogP contribution in [0.5, 0.6) is 0 Å². The van der Waals surface area contributed by atoms with Crippen molar-refractivity contribution < 1.29 is 24.2 Å². The van der Waals surface area contributed by atoms with E-state index in [4.69, 9.17) is 14.6 Å². The fraction of sp³-hybridized carbons (Fsp3) is 0.636. The van der Waals surface area contributed by atoms with E-state index in [1.807, 2.05) is 0 Å². The number of carbonyl (C=O) groups excluding carboxylic acids is 1. The number of hydrogen-bond acceptors (Lipinski definition) is 4. The Bertz CT molecular complexity index is 292. The molecule has 1 rings (SSSR count). The molecule has 1 aliphatic rings. The average molecular weight is 243 g/mol. The standard InChI is InChI=1S/C11H17NO5/c1-2-6-16-11(15)12-5-3-4-9(7-12)17-8-10(13)14/h2,9H,1,3-8H2,(H,13,14). The zero-order valence-electron chi connectivity index (χ0n) is 9.63. The zero-order valence-corrected chi connectivity index (χ0v) is 9.63. The van der Waals surface area contributed by atoms with Gasteiger partial charge in [0.25, 0.3) is 0 Å². The minimum absolute atomic E-state index is 0.177. The van der Waals surface area contributed by atoms with Crippen LogP contribution in [0.15, 0.2) is 12.7 Å². The van der Waals surface area contributed by atoms with Gasteiger partial charge in [-0.25, -0.2) is 9.59 Å². The van der Waals surface area contributed by atoms with E-state index in [0.29, 0.717) is 13.1 Å². The van der Waals surface area contributed by atoms with Gasteiger partial charge in [0.1, 0.15) is 13.2 Å². The molecule has 0 aromatic rings. The van der Waals surface area contributed by atoms with E-state index in [-0.39, 0.29) is 19.3 Å². The van der Waals surface area contributed by atoms with E-state index in [2.05, 4.69) is 6.58 Å². The van der Waals surface area contributed by atoms with E-state index < -0.39 is 12.1 Å². The number of carbonyl (C=O) groups is 2. The SMILES string of the molecule is C=CCOC(=O)N1CCCC(OCC(=O)O)C1. The van der Waals surface area contributed by atoms with Crippen LogP contribution in [-0.4, -0.2) is 54.5 Å². The first-order valence-corrected chi connectivity index (χ1v) is 5.49. The molecule has 1 aliphatic heterocycles. The van der Waals surface area contributed by atoms with Crippen molar-refractivity contribution in [1.29, 1.82) is 0 Å². The second-order valence-electron chi connectivity index (χ2n) is 3.78. The maximum absolute atomic E-state index is 11.5. The summed E-state index contributed by atoms with van der Waals surface area (Å²) in [6.07, 6.45) is 2.41. The molecular formula is C11H17NO5. The van der Waals surface area contributed by atoms with Crippen LogP contribution in [-0.2, 0) is 14.3 Å². The van der Waals surface area contributed by atoms with Crippen LogP contribution in [0, 0.1) is 0 Å². The highest BCUT2D eigenvalue weighted by Crippen LogP contribution is 2.14. The number of aliphatic carboxylic acids is 1. The summed E-state index contributed by atoms with van der Waals surface area (Å²) in [5, 5.41) is 8.49. The van der Waals surface area contributed by atoms with Gasteiger partial charge in [-0.15, -0.1) is 0 Å². The first-order chi connectivity index (χ1) is 8.13. The smallest absolute Gasteiger partial charge is 0.410 e. The summed E-state index contributed by atoms with van der Waals surface area (Å²) in [4.78, 5) is 23.4. The number of likely N-dealkylation sites (tertiary alicyclic amines) is 1. The minimum Gasteiger partial charge on any atom is -0.480 e. The molecule has 0 spiro atoms. The molecule has 1 fully saturated rings. The molecule has 0 bridgehead atoms. The summed E-state index contributed by atoms with van der Waals surface area (Å²) in [6.45, 7) is 4.29. The Balaban J connectivity index is 2.34. The lowest BCUT2D eigenvalue weighted by molar-refractivity contribution is -0.145. The van der Waals surface area contributed by atoms with Crippen molar-refractivity contribution in [2.45, 2.75) is 18.9 Å². The molecule has 17 heavy (non-hydrogen) atoms. The zero-order chi connectivity index (χ0) is 12.7. The summed E-state index contributed by atoms with van der Waals surface area (Å²) >= 11 is 0. The summed E-state index contributed by atoms with van der Waals surface area (Å²) in [7, 11) is 0. The molecule has 1 saturated heterocycles. The molecule has 6 heteroatoms. The fourth-order valence-electron chi connectivity index (χ4n) is 1.65. The van der Waals surface area contributed by atoms with Gasteiger partial charge < -0.3 is 19.5 Å². The van der Waals surface area contributed by atoms with Gasteiger partial charge in [-0.2, -0.15) is 0 Å². The van der Waals surface area contributed by atoms with Gasteiger partial charge in [-0.3, -0.25) is 0 Å². The van der Waals surface area contributed by atoms with Crippen molar-refractivity contribution in [3.63, 3.8) is 0 Å². The largest absolute Gasteiger partial charge is 0.480 e. The summed E-state index contributed by atoms with van der Waals surface area (Å²) in [6, 6.07) is 0. The van der Waals surface area contributed by atoms with Crippen LogP contribution in [0.4, 0.5) is 4.79 Å². The van der Waals surface area contributed by atoms with E-state index in [0.717, 1.165) is 12.8 Å². The Morgan fingerprint density at radius 3 is 2.94 bits per heavy atom. The third-order valence-electron chi connectivity index (χ3n) is 2.40. The maximum atomic E-state index is 11.5. The molecule has 0 aliphatic carbocycles. The molecule has 0 aromatic carbocycles. The lowest BCUT2D eigenvalue weighted by Crippen LogP contribution is -2.43. The van der Waals surface area contributed by atoms with Crippen LogP contribution >= 0.6 is 0 Å². The van der Waals surface area contributed by atoms with Crippen LogP contribution in [0.25, 0.3) is 0 Å². The molecule has 0 aromatic heterocycles. The molecule has 1 unspecified atom stereocenters. The number of ether oxygens (including phenoxy) is 2. The third kappa shape index (κ3) is 4.86. The van der Waals surface area contributed by atoms with Crippen molar-refractivity contribution in [3.8, 4) is 0 Å². The van der Waals surface area contributed by atoms with E-state index in [1.54, 1.807) is 0 Å². The Morgan fingerprint density at radius 1 is 1.53 bits per heavy atom. The Morgan fingerprint density at radius 2 is 2.29 bits per heavy atom. The molecule has 0 saturated carbocycles. The average Bonchev–Trinajstić information content (AvgIpc) is 2.33. The van der Waals surface area contributed by atoms with Gasteiger partial charge in [0, 0.05) is 6.54 Å².